The maximum Gasteiger partial charge on any atom is 0.331 e. The van der Waals surface area contributed by atoms with Crippen molar-refractivity contribution in [2.45, 2.75) is 32.9 Å². The Balaban J connectivity index is 1.77. The van der Waals surface area contributed by atoms with Gasteiger partial charge in [0.05, 0.1) is 14.2 Å². The van der Waals surface area contributed by atoms with Crippen LogP contribution in [0.5, 0.6) is 11.5 Å². The SMILES string of the molecule is CCCCn1c(=O)[nH]c(=O)c2c1nc(COC(=O)/C=C/c1ccc(OC)c(OC)c1)n2C. The molecule has 10 heteroatoms. The van der Waals surface area contributed by atoms with Crippen molar-refractivity contribution in [1.82, 2.24) is 19.1 Å². The third-order valence-corrected chi connectivity index (χ3v) is 5.00. The van der Waals surface area contributed by atoms with Gasteiger partial charge in [-0.2, -0.15) is 0 Å². The normalized spacial score (nSPS) is 11.2. The lowest BCUT2D eigenvalue weighted by Gasteiger charge is -2.07. The predicted molar refractivity (Wildman–Crippen MR) is 119 cm³/mol. The topological polar surface area (TPSA) is 117 Å². The van der Waals surface area contributed by atoms with Crippen LogP contribution in [-0.2, 0) is 29.7 Å². The first-order chi connectivity index (χ1) is 15.4. The summed E-state index contributed by atoms with van der Waals surface area (Å²) in [5.41, 5.74) is 0.233. The molecule has 1 aromatic carbocycles. The van der Waals surface area contributed by atoms with Gasteiger partial charge in [-0.15, -0.1) is 0 Å². The smallest absolute Gasteiger partial charge is 0.331 e. The van der Waals surface area contributed by atoms with Crippen LogP contribution < -0.4 is 20.7 Å². The van der Waals surface area contributed by atoms with Crippen LogP contribution in [0.4, 0.5) is 0 Å². The molecule has 2 heterocycles. The second-order valence-electron chi connectivity index (χ2n) is 7.08. The van der Waals surface area contributed by atoms with Crippen molar-refractivity contribution in [1.29, 1.82) is 0 Å². The van der Waals surface area contributed by atoms with Gasteiger partial charge in [0.1, 0.15) is 12.4 Å². The average Bonchev–Trinajstić information content (AvgIpc) is 3.12. The highest BCUT2D eigenvalue weighted by molar-refractivity contribution is 5.87. The Morgan fingerprint density at radius 1 is 1.19 bits per heavy atom. The van der Waals surface area contributed by atoms with Crippen LogP contribution in [0, 0.1) is 0 Å². The molecule has 0 spiro atoms. The number of aromatic nitrogens is 4. The fraction of sp³-hybridized carbons (Fsp3) is 0.364. The van der Waals surface area contributed by atoms with Crippen molar-refractivity contribution in [3.63, 3.8) is 0 Å². The van der Waals surface area contributed by atoms with E-state index in [2.05, 4.69) is 9.97 Å². The van der Waals surface area contributed by atoms with Crippen LogP contribution >= 0.6 is 0 Å². The molecule has 3 rings (SSSR count). The zero-order valence-corrected chi connectivity index (χ0v) is 18.5. The standard InChI is InChI=1S/C22H26N4O6/c1-5-6-11-26-20-19(21(28)24-22(26)29)25(2)17(23-20)13-32-18(27)10-8-14-7-9-15(30-3)16(12-14)31-4/h7-10,12H,5-6,11,13H2,1-4H3,(H,24,28,29)/b10-8+. The van der Waals surface area contributed by atoms with E-state index in [9.17, 15) is 14.4 Å². The Kier molecular flexibility index (Phi) is 7.14. The highest BCUT2D eigenvalue weighted by Gasteiger charge is 2.17. The minimum atomic E-state index is -0.580. The molecule has 0 saturated heterocycles. The minimum Gasteiger partial charge on any atom is -0.493 e. The van der Waals surface area contributed by atoms with E-state index >= 15 is 0 Å². The first-order valence-electron chi connectivity index (χ1n) is 10.1. The number of aromatic amines is 1. The van der Waals surface area contributed by atoms with Crippen molar-refractivity contribution in [3.05, 3.63) is 56.5 Å². The van der Waals surface area contributed by atoms with Gasteiger partial charge in [-0.25, -0.2) is 14.6 Å². The number of nitrogens with one attached hydrogen (secondary N) is 1. The number of esters is 1. The molecule has 0 aliphatic rings. The van der Waals surface area contributed by atoms with Crippen molar-refractivity contribution >= 4 is 23.2 Å². The van der Waals surface area contributed by atoms with E-state index in [1.54, 1.807) is 38.4 Å². The summed E-state index contributed by atoms with van der Waals surface area (Å²) in [5.74, 6) is 0.905. The predicted octanol–water partition coefficient (Wildman–Crippen LogP) is 2.00. The van der Waals surface area contributed by atoms with Gasteiger partial charge in [-0.3, -0.25) is 14.3 Å². The molecule has 0 atom stereocenters. The quantitative estimate of drug-likeness (QED) is 0.398. The third-order valence-electron chi connectivity index (χ3n) is 5.00. The number of imidazole rings is 1. The van der Waals surface area contributed by atoms with Crippen LogP contribution in [0.15, 0.2) is 33.9 Å². The molecule has 0 bridgehead atoms. The summed E-state index contributed by atoms with van der Waals surface area (Å²) in [6.45, 7) is 2.29. The largest absolute Gasteiger partial charge is 0.493 e. The number of unbranched alkanes of at least 4 members (excludes halogenated alkanes) is 1. The highest BCUT2D eigenvalue weighted by Crippen LogP contribution is 2.28. The molecule has 170 valence electrons. The lowest BCUT2D eigenvalue weighted by atomic mass is 10.2. The molecule has 1 N–H and O–H groups in total. The van der Waals surface area contributed by atoms with Crippen molar-refractivity contribution < 1.29 is 19.0 Å². The first-order valence-corrected chi connectivity index (χ1v) is 10.1. The molecule has 0 radical (unpaired) electrons. The van der Waals surface area contributed by atoms with Gasteiger partial charge in [0.25, 0.3) is 5.56 Å². The third kappa shape index (κ3) is 4.74. The Labute approximate surface area is 184 Å². The summed E-state index contributed by atoms with van der Waals surface area (Å²) in [5, 5.41) is 0. The number of fused-ring (bicyclic) bond motifs is 1. The summed E-state index contributed by atoms with van der Waals surface area (Å²) in [4.78, 5) is 43.4. The summed E-state index contributed by atoms with van der Waals surface area (Å²) in [6, 6.07) is 5.24. The van der Waals surface area contributed by atoms with Gasteiger partial charge in [0.2, 0.25) is 0 Å². The Bertz CT molecular complexity index is 1270. The fourth-order valence-corrected chi connectivity index (χ4v) is 3.25. The summed E-state index contributed by atoms with van der Waals surface area (Å²) in [6.07, 6.45) is 4.53. The second kappa shape index (κ2) is 9.99. The molecule has 0 saturated carbocycles. The molecule has 2 aromatic heterocycles. The Morgan fingerprint density at radius 2 is 1.94 bits per heavy atom. The number of rotatable bonds is 9. The molecule has 0 amide bonds. The number of benzene rings is 1. The van der Waals surface area contributed by atoms with Crippen molar-refractivity contribution in [2.24, 2.45) is 7.05 Å². The zero-order valence-electron chi connectivity index (χ0n) is 18.5. The number of carbonyl (C=O) groups is 1. The molecular weight excluding hydrogens is 416 g/mol. The number of hydrogen-bond donors (Lipinski definition) is 1. The van der Waals surface area contributed by atoms with Gasteiger partial charge in [0, 0.05) is 19.7 Å². The molecule has 32 heavy (non-hydrogen) atoms. The molecule has 0 aliphatic carbocycles. The molecule has 0 unspecified atom stereocenters. The van der Waals surface area contributed by atoms with E-state index < -0.39 is 17.2 Å². The number of carbonyl (C=O) groups excluding carboxylic acids is 1. The zero-order chi connectivity index (χ0) is 23.3. The van der Waals surface area contributed by atoms with Crippen LogP contribution in [0.2, 0.25) is 0 Å². The van der Waals surface area contributed by atoms with Crippen LogP contribution in [0.3, 0.4) is 0 Å². The van der Waals surface area contributed by atoms with Crippen LogP contribution in [0.1, 0.15) is 31.2 Å². The lowest BCUT2D eigenvalue weighted by molar-refractivity contribution is -0.139. The molecule has 3 aromatic rings. The number of methoxy groups -OCH3 is 2. The maximum absolute atomic E-state index is 12.3. The van der Waals surface area contributed by atoms with Gasteiger partial charge in [0.15, 0.2) is 22.7 Å². The van der Waals surface area contributed by atoms with E-state index in [0.717, 1.165) is 18.4 Å². The van der Waals surface area contributed by atoms with Crippen molar-refractivity contribution in [2.75, 3.05) is 14.2 Å². The Hall–Kier alpha value is -3.82. The van der Waals surface area contributed by atoms with Gasteiger partial charge in [-0.05, 0) is 30.2 Å². The second-order valence-corrected chi connectivity index (χ2v) is 7.08. The van der Waals surface area contributed by atoms with Crippen LogP contribution in [-0.4, -0.2) is 39.3 Å². The Morgan fingerprint density at radius 3 is 2.62 bits per heavy atom. The monoisotopic (exact) mass is 442 g/mol. The average molecular weight is 442 g/mol. The van der Waals surface area contributed by atoms with Crippen molar-refractivity contribution in [3.8, 4) is 11.5 Å². The molecule has 0 fully saturated rings. The molecule has 0 aliphatic heterocycles. The number of ether oxygens (including phenoxy) is 3. The number of hydrogen-bond acceptors (Lipinski definition) is 7. The lowest BCUT2D eigenvalue weighted by Crippen LogP contribution is -2.31. The molecule has 10 nitrogen and oxygen atoms in total. The summed E-state index contributed by atoms with van der Waals surface area (Å²) >= 11 is 0. The maximum atomic E-state index is 12.3. The molecular formula is C22H26N4O6. The summed E-state index contributed by atoms with van der Waals surface area (Å²) in [7, 11) is 4.72. The van der Waals surface area contributed by atoms with E-state index in [1.165, 1.54) is 22.3 Å². The highest BCUT2D eigenvalue weighted by atomic mass is 16.5. The fourth-order valence-electron chi connectivity index (χ4n) is 3.25. The van der Waals surface area contributed by atoms with E-state index in [4.69, 9.17) is 14.2 Å². The number of H-pyrrole nitrogens is 1. The van der Waals surface area contributed by atoms with Gasteiger partial charge < -0.3 is 18.8 Å². The number of nitrogens with zero attached hydrogens (tertiary/aromatic N) is 3. The van der Waals surface area contributed by atoms with E-state index in [0.29, 0.717) is 23.9 Å². The first kappa shape index (κ1) is 22.9. The van der Waals surface area contributed by atoms with Gasteiger partial charge in [-0.1, -0.05) is 19.4 Å². The number of aryl methyl sites for hydroxylation is 2. The minimum absolute atomic E-state index is 0.151. The van der Waals surface area contributed by atoms with E-state index in [-0.39, 0.29) is 17.8 Å². The van der Waals surface area contributed by atoms with Crippen LogP contribution in [0.25, 0.3) is 17.2 Å². The summed E-state index contributed by atoms with van der Waals surface area (Å²) < 4.78 is 18.7. The van der Waals surface area contributed by atoms with Gasteiger partial charge >= 0.3 is 11.7 Å². The van der Waals surface area contributed by atoms with E-state index in [1.807, 2.05) is 6.92 Å².